The minimum absolute atomic E-state index is 0.0975. The summed E-state index contributed by atoms with van der Waals surface area (Å²) in [5.74, 6) is 0.540. The molecule has 3 rings (SSSR count). The summed E-state index contributed by atoms with van der Waals surface area (Å²) in [6, 6.07) is 12.4. The van der Waals surface area contributed by atoms with E-state index in [-0.39, 0.29) is 17.3 Å². The molecule has 0 fully saturated rings. The van der Waals surface area contributed by atoms with Gasteiger partial charge in [0.05, 0.1) is 22.5 Å². The summed E-state index contributed by atoms with van der Waals surface area (Å²) < 4.78 is 29.3. The van der Waals surface area contributed by atoms with Crippen molar-refractivity contribution in [1.29, 1.82) is 0 Å². The van der Waals surface area contributed by atoms with Crippen LogP contribution >= 0.6 is 0 Å². The summed E-state index contributed by atoms with van der Waals surface area (Å²) in [4.78, 5) is 18.7. The Morgan fingerprint density at radius 1 is 1.03 bits per heavy atom. The van der Waals surface area contributed by atoms with Crippen LogP contribution in [0.4, 0.5) is 0 Å². The molecule has 30 heavy (non-hydrogen) atoms. The molecule has 1 aromatic heterocycles. The smallest absolute Gasteiger partial charge is 0.253 e. The Kier molecular flexibility index (Phi) is 6.28. The molecule has 7 nitrogen and oxygen atoms in total. The van der Waals surface area contributed by atoms with Gasteiger partial charge in [0.25, 0.3) is 5.91 Å². The van der Waals surface area contributed by atoms with Crippen molar-refractivity contribution in [3.63, 3.8) is 0 Å². The van der Waals surface area contributed by atoms with Gasteiger partial charge in [-0.25, -0.2) is 13.4 Å². The largest absolute Gasteiger partial charge is 0.345 e. The van der Waals surface area contributed by atoms with Crippen molar-refractivity contribution in [2.75, 3.05) is 21.1 Å². The number of nitrogens with zero attached hydrogens (tertiary/aromatic N) is 4. The van der Waals surface area contributed by atoms with Crippen molar-refractivity contribution in [2.45, 2.75) is 38.3 Å². The highest BCUT2D eigenvalue weighted by Gasteiger charge is 2.23. The lowest BCUT2D eigenvalue weighted by Crippen LogP contribution is -2.28. The van der Waals surface area contributed by atoms with Gasteiger partial charge in [-0.05, 0) is 49.2 Å². The van der Waals surface area contributed by atoms with E-state index in [0.29, 0.717) is 23.4 Å². The highest BCUT2D eigenvalue weighted by Crippen LogP contribution is 2.22. The zero-order chi connectivity index (χ0) is 22.1. The zero-order valence-electron chi connectivity index (χ0n) is 18.1. The minimum Gasteiger partial charge on any atom is -0.345 e. The molecule has 1 amide bonds. The van der Waals surface area contributed by atoms with Crippen LogP contribution < -0.4 is 0 Å². The van der Waals surface area contributed by atoms with Crippen LogP contribution in [-0.4, -0.2) is 54.2 Å². The van der Waals surface area contributed by atoms with Gasteiger partial charge in [-0.3, -0.25) is 4.79 Å². The summed E-state index contributed by atoms with van der Waals surface area (Å²) in [7, 11) is 1.33. The van der Waals surface area contributed by atoms with E-state index in [1.165, 1.54) is 9.21 Å². The molecule has 0 unspecified atom stereocenters. The third kappa shape index (κ3) is 4.11. The van der Waals surface area contributed by atoms with Crippen LogP contribution in [0.1, 0.15) is 35.6 Å². The van der Waals surface area contributed by atoms with Gasteiger partial charge in [-0.1, -0.05) is 19.1 Å². The normalized spacial score (nSPS) is 11.9. The molecule has 2 aromatic carbocycles. The molecule has 0 atom stereocenters. The number of hydrogen-bond acceptors (Lipinski definition) is 4. The number of fused-ring (bicyclic) bond motifs is 1. The second kappa shape index (κ2) is 8.57. The third-order valence-corrected chi connectivity index (χ3v) is 7.02. The maximum atomic E-state index is 13.0. The van der Waals surface area contributed by atoms with Gasteiger partial charge in [-0.15, -0.1) is 0 Å². The molecule has 1 heterocycles. The number of aryl methyl sites for hydroxylation is 2. The van der Waals surface area contributed by atoms with E-state index >= 15 is 0 Å². The zero-order valence-corrected chi connectivity index (χ0v) is 18.9. The fourth-order valence-corrected chi connectivity index (χ4v) is 4.53. The predicted molar refractivity (Wildman–Crippen MR) is 118 cm³/mol. The average Bonchev–Trinajstić information content (AvgIpc) is 3.08. The molecule has 0 aliphatic heterocycles. The van der Waals surface area contributed by atoms with E-state index in [0.717, 1.165) is 17.5 Å². The van der Waals surface area contributed by atoms with E-state index in [2.05, 4.69) is 4.98 Å². The van der Waals surface area contributed by atoms with Crippen molar-refractivity contribution in [2.24, 2.45) is 0 Å². The molecule has 0 saturated heterocycles. The molecule has 0 saturated carbocycles. The number of aromatic nitrogens is 2. The van der Waals surface area contributed by atoms with Gasteiger partial charge in [0.15, 0.2) is 0 Å². The molecule has 0 bridgehead atoms. The van der Waals surface area contributed by atoms with Gasteiger partial charge < -0.3 is 9.47 Å². The van der Waals surface area contributed by atoms with Crippen LogP contribution in [0.3, 0.4) is 0 Å². The minimum atomic E-state index is -3.64. The quantitative estimate of drug-likeness (QED) is 0.579. The number of rotatable bonds is 7. The fraction of sp³-hybridized carbons (Fsp3) is 0.364. The Balaban J connectivity index is 1.94. The molecule has 0 aliphatic carbocycles. The lowest BCUT2D eigenvalue weighted by atomic mass is 10.2. The molecular weight excluding hydrogens is 400 g/mol. The van der Waals surface area contributed by atoms with Gasteiger partial charge >= 0.3 is 0 Å². The number of carbonyl (C=O) groups is 1. The molecular formula is C22H28N4O3S. The highest BCUT2D eigenvalue weighted by molar-refractivity contribution is 7.89. The standard InChI is InChI=1S/C22H28N4O3S/c1-6-16-8-11-18(12-9-16)30(28,29)25(5)15-21-23-19-14-17(22(27)24(3)4)10-13-20(19)26(21)7-2/h8-14H,6-7,15H2,1-5H3. The first kappa shape index (κ1) is 22.0. The first-order valence-corrected chi connectivity index (χ1v) is 11.4. The average molecular weight is 429 g/mol. The van der Waals surface area contributed by atoms with Gasteiger partial charge in [-0.2, -0.15) is 4.31 Å². The molecule has 0 N–H and O–H groups in total. The number of benzene rings is 2. The molecule has 8 heteroatoms. The number of sulfonamides is 1. The van der Waals surface area contributed by atoms with Gasteiger partial charge in [0.2, 0.25) is 10.0 Å². The SMILES string of the molecule is CCc1ccc(S(=O)(=O)N(C)Cc2nc3cc(C(=O)N(C)C)ccc3n2CC)cc1. The lowest BCUT2D eigenvalue weighted by molar-refractivity contribution is 0.0827. The van der Waals surface area contributed by atoms with Crippen LogP contribution in [0.2, 0.25) is 0 Å². The van der Waals surface area contributed by atoms with Crippen molar-refractivity contribution >= 4 is 27.0 Å². The summed E-state index contributed by atoms with van der Waals surface area (Å²) in [6.07, 6.45) is 0.856. The van der Waals surface area contributed by atoms with Crippen LogP contribution in [0.15, 0.2) is 47.4 Å². The summed E-state index contributed by atoms with van der Waals surface area (Å²) in [5.41, 5.74) is 3.20. The predicted octanol–water partition coefficient (Wildman–Crippen LogP) is 3.14. The van der Waals surface area contributed by atoms with Gasteiger partial charge in [0, 0.05) is 33.3 Å². The molecule has 0 aliphatic rings. The van der Waals surface area contributed by atoms with Crippen molar-refractivity contribution in [3.8, 4) is 0 Å². The van der Waals surface area contributed by atoms with Crippen LogP contribution in [0.25, 0.3) is 11.0 Å². The Hall–Kier alpha value is -2.71. The van der Waals surface area contributed by atoms with Crippen LogP contribution in [0.5, 0.6) is 0 Å². The molecule has 160 valence electrons. The molecule has 0 spiro atoms. The maximum Gasteiger partial charge on any atom is 0.253 e. The molecule has 3 aromatic rings. The van der Waals surface area contributed by atoms with Crippen LogP contribution in [-0.2, 0) is 29.5 Å². The lowest BCUT2D eigenvalue weighted by Gasteiger charge is -2.18. The first-order chi connectivity index (χ1) is 14.2. The summed E-state index contributed by atoms with van der Waals surface area (Å²) >= 11 is 0. The molecule has 0 radical (unpaired) electrons. The maximum absolute atomic E-state index is 13.0. The van der Waals surface area contributed by atoms with Crippen molar-refractivity contribution < 1.29 is 13.2 Å². The second-order valence-corrected chi connectivity index (χ2v) is 9.48. The Morgan fingerprint density at radius 2 is 1.70 bits per heavy atom. The van der Waals surface area contributed by atoms with E-state index < -0.39 is 10.0 Å². The Labute approximate surface area is 178 Å². The van der Waals surface area contributed by atoms with Gasteiger partial charge in [0.1, 0.15) is 5.82 Å². The first-order valence-electron chi connectivity index (χ1n) is 9.95. The number of imidazole rings is 1. The van der Waals surface area contributed by atoms with E-state index in [1.54, 1.807) is 45.4 Å². The summed E-state index contributed by atoms with van der Waals surface area (Å²) in [5, 5.41) is 0. The van der Waals surface area contributed by atoms with E-state index in [1.807, 2.05) is 36.6 Å². The Bertz CT molecular complexity index is 1170. The topological polar surface area (TPSA) is 75.5 Å². The number of amides is 1. The Morgan fingerprint density at radius 3 is 2.27 bits per heavy atom. The second-order valence-electron chi connectivity index (χ2n) is 7.43. The van der Waals surface area contributed by atoms with E-state index in [4.69, 9.17) is 0 Å². The van der Waals surface area contributed by atoms with Crippen molar-refractivity contribution in [1.82, 2.24) is 18.8 Å². The van der Waals surface area contributed by atoms with Crippen molar-refractivity contribution in [3.05, 3.63) is 59.4 Å². The number of carbonyl (C=O) groups excluding carboxylic acids is 1. The fourth-order valence-electron chi connectivity index (χ4n) is 3.41. The monoisotopic (exact) mass is 428 g/mol. The van der Waals surface area contributed by atoms with E-state index in [9.17, 15) is 13.2 Å². The number of hydrogen-bond donors (Lipinski definition) is 0. The summed E-state index contributed by atoms with van der Waals surface area (Å²) in [6.45, 7) is 4.80. The third-order valence-electron chi connectivity index (χ3n) is 5.20. The highest BCUT2D eigenvalue weighted by atomic mass is 32.2. The van der Waals surface area contributed by atoms with Crippen LogP contribution in [0, 0.1) is 0 Å².